The van der Waals surface area contributed by atoms with Crippen LogP contribution in [-0.4, -0.2) is 17.0 Å². The summed E-state index contributed by atoms with van der Waals surface area (Å²) in [5.74, 6) is 1.74. The van der Waals surface area contributed by atoms with E-state index in [1.807, 2.05) is 18.2 Å². The Morgan fingerprint density at radius 1 is 1.41 bits per heavy atom. The largest absolute Gasteiger partial charge is 0.481 e. The van der Waals surface area contributed by atoms with Crippen LogP contribution in [0.4, 0.5) is 0 Å². The number of nitrogens with zero attached hydrogens (tertiary/aromatic N) is 1. The molecular formula is C12H9NO2S2. The Hall–Kier alpha value is -1.33. The first kappa shape index (κ1) is 10.8. The first-order valence-corrected chi connectivity index (χ1v) is 6.96. The molecule has 1 aromatic heterocycles. The average Bonchev–Trinajstić information content (AvgIpc) is 2.87. The summed E-state index contributed by atoms with van der Waals surface area (Å²) in [7, 11) is 0. The van der Waals surface area contributed by atoms with Gasteiger partial charge in [0.2, 0.25) is 0 Å². The maximum Gasteiger partial charge on any atom is 0.161 e. The molecule has 0 aliphatic carbocycles. The van der Waals surface area contributed by atoms with E-state index in [0.717, 1.165) is 27.7 Å². The van der Waals surface area contributed by atoms with Gasteiger partial charge in [-0.05, 0) is 12.1 Å². The summed E-state index contributed by atoms with van der Waals surface area (Å²) < 4.78 is 5.89. The molecule has 3 nitrogen and oxygen atoms in total. The second-order valence-electron chi connectivity index (χ2n) is 3.58. The molecule has 0 fully saturated rings. The van der Waals surface area contributed by atoms with Crippen LogP contribution in [0.15, 0.2) is 35.4 Å². The molecule has 1 aliphatic heterocycles. The number of fused-ring (bicyclic) bond motifs is 1. The van der Waals surface area contributed by atoms with E-state index in [-0.39, 0.29) is 6.10 Å². The summed E-state index contributed by atoms with van der Waals surface area (Å²) in [6.45, 7) is 0. The number of carbonyl (C=O) groups excluding carboxylic acids is 1. The highest BCUT2D eigenvalue weighted by Gasteiger charge is 2.24. The fourth-order valence-electron chi connectivity index (χ4n) is 1.65. The minimum absolute atomic E-state index is 0.0476. The van der Waals surface area contributed by atoms with E-state index in [2.05, 4.69) is 11.1 Å². The lowest BCUT2D eigenvalue weighted by atomic mass is 10.3. The monoisotopic (exact) mass is 263 g/mol. The Kier molecular flexibility index (Phi) is 2.86. The van der Waals surface area contributed by atoms with Crippen LogP contribution in [0.2, 0.25) is 0 Å². The van der Waals surface area contributed by atoms with Crippen molar-refractivity contribution in [3.8, 4) is 5.75 Å². The predicted octanol–water partition coefficient (Wildman–Crippen LogP) is 3.18. The smallest absolute Gasteiger partial charge is 0.161 e. The van der Waals surface area contributed by atoms with Gasteiger partial charge in [-0.25, -0.2) is 4.98 Å². The van der Waals surface area contributed by atoms with E-state index in [9.17, 15) is 4.79 Å². The van der Waals surface area contributed by atoms with Crippen molar-refractivity contribution in [2.75, 3.05) is 5.75 Å². The Morgan fingerprint density at radius 3 is 3.12 bits per heavy atom. The van der Waals surface area contributed by atoms with Gasteiger partial charge in [0.15, 0.2) is 12.4 Å². The summed E-state index contributed by atoms with van der Waals surface area (Å²) in [5.41, 5.74) is 0. The van der Waals surface area contributed by atoms with Gasteiger partial charge in [0.1, 0.15) is 10.8 Å². The number of thiazole rings is 1. The maximum atomic E-state index is 10.6. The summed E-state index contributed by atoms with van der Waals surface area (Å²) in [5, 5.41) is 0.870. The van der Waals surface area contributed by atoms with Gasteiger partial charge in [0.25, 0.3) is 0 Å². The SMILES string of the molecule is O=Cc1cnc(C2CSc3ccccc3O2)s1. The molecule has 0 bridgehead atoms. The number of hydrogen-bond donors (Lipinski definition) is 0. The molecule has 1 aliphatic rings. The fourth-order valence-corrected chi connectivity index (χ4v) is 3.50. The zero-order chi connectivity index (χ0) is 11.7. The van der Waals surface area contributed by atoms with Crippen molar-refractivity contribution >= 4 is 29.4 Å². The van der Waals surface area contributed by atoms with E-state index < -0.39 is 0 Å². The van der Waals surface area contributed by atoms with E-state index in [1.165, 1.54) is 11.3 Å². The molecule has 0 N–H and O–H groups in total. The lowest BCUT2D eigenvalue weighted by Crippen LogP contribution is -2.14. The van der Waals surface area contributed by atoms with E-state index in [0.29, 0.717) is 4.88 Å². The Balaban J connectivity index is 1.86. The van der Waals surface area contributed by atoms with Crippen molar-refractivity contribution in [3.63, 3.8) is 0 Å². The van der Waals surface area contributed by atoms with Crippen LogP contribution in [-0.2, 0) is 0 Å². The quantitative estimate of drug-likeness (QED) is 0.780. The van der Waals surface area contributed by atoms with Gasteiger partial charge in [0.05, 0.1) is 4.88 Å². The predicted molar refractivity (Wildman–Crippen MR) is 68.0 cm³/mol. The topological polar surface area (TPSA) is 39.2 Å². The standard InChI is InChI=1S/C12H9NO2S2/c14-6-8-5-13-12(17-8)10-7-16-11-4-2-1-3-9(11)15-10/h1-6,10H,7H2. The second kappa shape index (κ2) is 4.50. The number of para-hydroxylation sites is 1. The van der Waals surface area contributed by atoms with Crippen LogP contribution < -0.4 is 4.74 Å². The lowest BCUT2D eigenvalue weighted by molar-refractivity contribution is 0.112. The number of ether oxygens (including phenoxy) is 1. The zero-order valence-corrected chi connectivity index (χ0v) is 10.5. The van der Waals surface area contributed by atoms with Crippen molar-refractivity contribution in [1.29, 1.82) is 0 Å². The molecule has 0 saturated carbocycles. The van der Waals surface area contributed by atoms with Gasteiger partial charge < -0.3 is 4.74 Å². The molecule has 0 amide bonds. The molecule has 0 radical (unpaired) electrons. The van der Waals surface area contributed by atoms with E-state index >= 15 is 0 Å². The molecule has 3 rings (SSSR count). The number of aromatic nitrogens is 1. The minimum Gasteiger partial charge on any atom is -0.481 e. The van der Waals surface area contributed by atoms with Gasteiger partial charge in [0, 0.05) is 16.8 Å². The fraction of sp³-hybridized carbons (Fsp3) is 0.167. The van der Waals surface area contributed by atoms with Crippen molar-refractivity contribution in [1.82, 2.24) is 4.98 Å². The molecule has 2 heterocycles. The van der Waals surface area contributed by atoms with Crippen LogP contribution in [0.5, 0.6) is 5.75 Å². The van der Waals surface area contributed by atoms with Gasteiger partial charge >= 0.3 is 0 Å². The van der Waals surface area contributed by atoms with Crippen molar-refractivity contribution < 1.29 is 9.53 Å². The lowest BCUT2D eigenvalue weighted by Gasteiger charge is -2.23. The van der Waals surface area contributed by atoms with Crippen molar-refractivity contribution in [3.05, 3.63) is 40.3 Å². The highest BCUT2D eigenvalue weighted by atomic mass is 32.2. The molecular weight excluding hydrogens is 254 g/mol. The third-order valence-corrected chi connectivity index (χ3v) is 4.57. The highest BCUT2D eigenvalue weighted by Crippen LogP contribution is 2.40. The van der Waals surface area contributed by atoms with E-state index in [1.54, 1.807) is 18.0 Å². The van der Waals surface area contributed by atoms with Gasteiger partial charge in [-0.3, -0.25) is 4.79 Å². The normalized spacial score (nSPS) is 18.2. The zero-order valence-electron chi connectivity index (χ0n) is 8.83. The molecule has 2 aromatic rings. The molecule has 5 heteroatoms. The average molecular weight is 263 g/mol. The van der Waals surface area contributed by atoms with Crippen LogP contribution in [0.3, 0.4) is 0 Å². The van der Waals surface area contributed by atoms with Crippen LogP contribution in [0.1, 0.15) is 20.8 Å². The van der Waals surface area contributed by atoms with E-state index in [4.69, 9.17) is 4.74 Å². The van der Waals surface area contributed by atoms with Gasteiger partial charge in [-0.1, -0.05) is 12.1 Å². The first-order chi connectivity index (χ1) is 8.36. The summed E-state index contributed by atoms with van der Waals surface area (Å²) in [6, 6.07) is 7.97. The number of rotatable bonds is 2. The van der Waals surface area contributed by atoms with Crippen LogP contribution in [0.25, 0.3) is 0 Å². The molecule has 1 unspecified atom stereocenters. The molecule has 0 saturated heterocycles. The second-order valence-corrected chi connectivity index (χ2v) is 5.74. The number of aldehydes is 1. The van der Waals surface area contributed by atoms with Crippen LogP contribution >= 0.6 is 23.1 Å². The summed E-state index contributed by atoms with van der Waals surface area (Å²) >= 11 is 3.16. The Labute approximate surface area is 107 Å². The van der Waals surface area contributed by atoms with Gasteiger partial charge in [-0.2, -0.15) is 0 Å². The molecule has 1 aromatic carbocycles. The van der Waals surface area contributed by atoms with Crippen LogP contribution in [0, 0.1) is 0 Å². The number of carbonyl (C=O) groups is 1. The number of hydrogen-bond acceptors (Lipinski definition) is 5. The Bertz CT molecular complexity index is 553. The summed E-state index contributed by atoms with van der Waals surface area (Å²) in [6.07, 6.45) is 2.38. The Morgan fingerprint density at radius 2 is 2.29 bits per heavy atom. The molecule has 1 atom stereocenters. The highest BCUT2D eigenvalue weighted by molar-refractivity contribution is 7.99. The summed E-state index contributed by atoms with van der Waals surface area (Å²) in [4.78, 5) is 16.7. The minimum atomic E-state index is -0.0476. The third kappa shape index (κ3) is 2.08. The third-order valence-electron chi connectivity index (χ3n) is 2.44. The van der Waals surface area contributed by atoms with Crippen molar-refractivity contribution in [2.24, 2.45) is 0 Å². The first-order valence-electron chi connectivity index (χ1n) is 5.16. The molecule has 17 heavy (non-hydrogen) atoms. The number of thioether (sulfide) groups is 1. The van der Waals surface area contributed by atoms with Crippen molar-refractivity contribution in [2.45, 2.75) is 11.0 Å². The maximum absolute atomic E-state index is 10.6. The number of benzene rings is 1. The molecule has 0 spiro atoms. The molecule has 86 valence electrons. The van der Waals surface area contributed by atoms with Gasteiger partial charge in [-0.15, -0.1) is 23.1 Å².